The van der Waals surface area contributed by atoms with Crippen LogP contribution in [0, 0.1) is 17.3 Å². The maximum Gasteiger partial charge on any atom is 0.319 e. The van der Waals surface area contributed by atoms with E-state index in [0.29, 0.717) is 0 Å². The summed E-state index contributed by atoms with van der Waals surface area (Å²) in [7, 11) is 0. The second kappa shape index (κ2) is 4.92. The Labute approximate surface area is 124 Å². The Morgan fingerprint density at radius 3 is 2.81 bits per heavy atom. The number of ketones is 1. The van der Waals surface area contributed by atoms with Crippen LogP contribution in [0.2, 0.25) is 0 Å². The van der Waals surface area contributed by atoms with Crippen molar-refractivity contribution < 1.29 is 24.5 Å². The molecule has 5 heteroatoms. The van der Waals surface area contributed by atoms with Crippen molar-refractivity contribution in [3.8, 4) is 0 Å². The van der Waals surface area contributed by atoms with Crippen molar-refractivity contribution in [1.82, 2.24) is 0 Å². The van der Waals surface area contributed by atoms with E-state index in [0.717, 1.165) is 19.3 Å². The zero-order valence-electron chi connectivity index (χ0n) is 12.2. The molecule has 5 nitrogen and oxygen atoms in total. The van der Waals surface area contributed by atoms with Crippen molar-refractivity contribution in [1.29, 1.82) is 0 Å². The number of aliphatic hydroxyl groups excluding tert-OH is 2. The largest absolute Gasteiger partial charge is 0.457 e. The van der Waals surface area contributed by atoms with Crippen LogP contribution in [0.4, 0.5) is 0 Å². The maximum atomic E-state index is 12.3. The van der Waals surface area contributed by atoms with Gasteiger partial charge in [0.05, 0.1) is 12.0 Å². The lowest BCUT2D eigenvalue weighted by Crippen LogP contribution is -2.70. The third-order valence-corrected chi connectivity index (χ3v) is 5.68. The second-order valence-electron chi connectivity index (χ2n) is 6.64. The Hall–Kier alpha value is -1.20. The van der Waals surface area contributed by atoms with E-state index in [1.165, 1.54) is 0 Å². The number of allylic oxidation sites excluding steroid dienone is 1. The van der Waals surface area contributed by atoms with Crippen LogP contribution >= 0.6 is 0 Å². The van der Waals surface area contributed by atoms with Gasteiger partial charge in [-0.15, -0.1) is 0 Å². The third kappa shape index (κ3) is 1.77. The van der Waals surface area contributed by atoms with Crippen LogP contribution in [-0.4, -0.2) is 40.3 Å². The predicted octanol–water partition coefficient (Wildman–Crippen LogP) is 0.977. The van der Waals surface area contributed by atoms with Gasteiger partial charge < -0.3 is 14.9 Å². The average Bonchev–Trinajstić information content (AvgIpc) is 2.65. The number of rotatable bonds is 4. The molecule has 0 amide bonds. The molecule has 0 aromatic heterocycles. The number of hydrogen-bond acceptors (Lipinski definition) is 5. The maximum absolute atomic E-state index is 12.3. The number of esters is 1. The Morgan fingerprint density at radius 1 is 1.48 bits per heavy atom. The van der Waals surface area contributed by atoms with E-state index < -0.39 is 29.0 Å². The van der Waals surface area contributed by atoms with Gasteiger partial charge in [0.2, 0.25) is 0 Å². The topological polar surface area (TPSA) is 83.8 Å². The SMILES string of the molecule is CC12OC(=O)C1(C(O)C1C=CCCC1)CC(=O)C2CCO. The quantitative estimate of drug-likeness (QED) is 0.596. The van der Waals surface area contributed by atoms with Crippen LogP contribution in [0.25, 0.3) is 0 Å². The van der Waals surface area contributed by atoms with Gasteiger partial charge in [-0.2, -0.15) is 0 Å². The molecule has 1 saturated carbocycles. The molecule has 0 bridgehead atoms. The molecular weight excluding hydrogens is 272 g/mol. The van der Waals surface area contributed by atoms with E-state index in [9.17, 15) is 14.7 Å². The van der Waals surface area contributed by atoms with E-state index in [1.807, 2.05) is 12.2 Å². The Kier molecular flexibility index (Phi) is 3.45. The van der Waals surface area contributed by atoms with Crippen molar-refractivity contribution in [2.45, 2.75) is 50.7 Å². The fraction of sp³-hybridized carbons (Fsp3) is 0.750. The van der Waals surface area contributed by atoms with Gasteiger partial charge in [0.25, 0.3) is 0 Å². The third-order valence-electron chi connectivity index (χ3n) is 5.68. The predicted molar refractivity (Wildman–Crippen MR) is 74.2 cm³/mol. The molecule has 1 saturated heterocycles. The van der Waals surface area contributed by atoms with Crippen molar-refractivity contribution in [2.24, 2.45) is 17.3 Å². The summed E-state index contributed by atoms with van der Waals surface area (Å²) in [4.78, 5) is 24.5. The molecule has 5 atom stereocenters. The molecule has 3 rings (SSSR count). The van der Waals surface area contributed by atoms with Gasteiger partial charge in [-0.3, -0.25) is 9.59 Å². The lowest BCUT2D eigenvalue weighted by molar-refractivity contribution is -0.263. The number of ether oxygens (including phenoxy) is 1. The molecule has 116 valence electrons. The first-order chi connectivity index (χ1) is 9.97. The summed E-state index contributed by atoms with van der Waals surface area (Å²) < 4.78 is 5.35. The highest BCUT2D eigenvalue weighted by Crippen LogP contribution is 2.62. The minimum absolute atomic E-state index is 0.0263. The number of carbonyl (C=O) groups excluding carboxylic acids is 2. The lowest BCUT2D eigenvalue weighted by Gasteiger charge is -2.55. The number of Topliss-reactive ketones (excluding diaryl/α,β-unsaturated/α-hetero) is 1. The first kappa shape index (κ1) is 14.7. The van der Waals surface area contributed by atoms with Crippen LogP contribution in [0.3, 0.4) is 0 Å². The number of fused-ring (bicyclic) bond motifs is 1. The first-order valence-corrected chi connectivity index (χ1v) is 7.69. The van der Waals surface area contributed by atoms with Crippen LogP contribution in [0.5, 0.6) is 0 Å². The molecule has 1 aliphatic heterocycles. The molecule has 3 aliphatic rings. The van der Waals surface area contributed by atoms with Gasteiger partial charge in [-0.05, 0) is 32.6 Å². The van der Waals surface area contributed by atoms with E-state index in [2.05, 4.69) is 0 Å². The highest BCUT2D eigenvalue weighted by molar-refractivity contribution is 6.00. The van der Waals surface area contributed by atoms with Gasteiger partial charge in [0, 0.05) is 18.9 Å². The van der Waals surface area contributed by atoms with Gasteiger partial charge in [-0.1, -0.05) is 12.2 Å². The van der Waals surface area contributed by atoms with Gasteiger partial charge in [-0.25, -0.2) is 0 Å². The van der Waals surface area contributed by atoms with Crippen LogP contribution in [0.1, 0.15) is 39.0 Å². The standard InChI is InChI=1S/C16H22O5/c1-15-11(7-8-17)12(18)9-16(15,14(20)21-15)13(19)10-5-3-2-4-6-10/h3,5,10-11,13,17,19H,2,4,6-9H2,1H3. The monoisotopic (exact) mass is 294 g/mol. The molecule has 0 radical (unpaired) electrons. The van der Waals surface area contributed by atoms with E-state index in [1.54, 1.807) is 6.92 Å². The number of aliphatic hydroxyl groups is 2. The molecule has 5 unspecified atom stereocenters. The molecule has 21 heavy (non-hydrogen) atoms. The molecule has 0 aromatic rings. The Bertz CT molecular complexity index is 499. The Morgan fingerprint density at radius 2 is 2.24 bits per heavy atom. The van der Waals surface area contributed by atoms with Crippen LogP contribution in [0.15, 0.2) is 12.2 Å². The van der Waals surface area contributed by atoms with E-state index in [4.69, 9.17) is 9.84 Å². The highest BCUT2D eigenvalue weighted by atomic mass is 16.6. The molecule has 1 heterocycles. The fourth-order valence-electron chi connectivity index (χ4n) is 4.42. The molecule has 2 N–H and O–H groups in total. The molecular formula is C16H22O5. The summed E-state index contributed by atoms with van der Waals surface area (Å²) >= 11 is 0. The van der Waals surface area contributed by atoms with Gasteiger partial charge in [0.1, 0.15) is 16.8 Å². The minimum atomic E-state index is -1.13. The Balaban J connectivity index is 1.94. The summed E-state index contributed by atoms with van der Waals surface area (Å²) in [5, 5.41) is 20.0. The minimum Gasteiger partial charge on any atom is -0.457 e. The summed E-state index contributed by atoms with van der Waals surface area (Å²) in [5.74, 6) is -1.17. The number of carbonyl (C=O) groups is 2. The summed E-state index contributed by atoms with van der Waals surface area (Å²) in [5.41, 5.74) is -2.11. The first-order valence-electron chi connectivity index (χ1n) is 7.69. The van der Waals surface area contributed by atoms with Gasteiger partial charge in [0.15, 0.2) is 0 Å². The van der Waals surface area contributed by atoms with Crippen molar-refractivity contribution in [3.63, 3.8) is 0 Å². The van der Waals surface area contributed by atoms with Crippen molar-refractivity contribution in [2.75, 3.05) is 6.61 Å². The molecule has 2 aliphatic carbocycles. The van der Waals surface area contributed by atoms with Crippen LogP contribution in [-0.2, 0) is 14.3 Å². The van der Waals surface area contributed by atoms with Crippen LogP contribution < -0.4 is 0 Å². The fourth-order valence-corrected chi connectivity index (χ4v) is 4.42. The zero-order chi connectivity index (χ0) is 15.3. The normalized spacial score (nSPS) is 43.2. The average molecular weight is 294 g/mol. The molecule has 0 aromatic carbocycles. The van der Waals surface area contributed by atoms with Gasteiger partial charge >= 0.3 is 5.97 Å². The summed E-state index contributed by atoms with van der Waals surface area (Å²) in [6.07, 6.45) is 6.18. The lowest BCUT2D eigenvalue weighted by atomic mass is 9.60. The molecule has 0 spiro atoms. The van der Waals surface area contributed by atoms with Crippen molar-refractivity contribution >= 4 is 11.8 Å². The zero-order valence-corrected chi connectivity index (χ0v) is 12.2. The highest BCUT2D eigenvalue weighted by Gasteiger charge is 2.78. The summed E-state index contributed by atoms with van der Waals surface area (Å²) in [6.45, 7) is 1.61. The van der Waals surface area contributed by atoms with E-state index >= 15 is 0 Å². The molecule has 2 fully saturated rings. The van der Waals surface area contributed by atoms with Crippen molar-refractivity contribution in [3.05, 3.63) is 12.2 Å². The second-order valence-corrected chi connectivity index (χ2v) is 6.64. The number of hydrogen-bond donors (Lipinski definition) is 2. The van der Waals surface area contributed by atoms with E-state index in [-0.39, 0.29) is 31.1 Å². The summed E-state index contributed by atoms with van der Waals surface area (Å²) in [6, 6.07) is 0. The smallest absolute Gasteiger partial charge is 0.319 e.